The largest absolute Gasteiger partial charge is 0.321 e. The van der Waals surface area contributed by atoms with E-state index in [0.717, 1.165) is 27.4 Å². The first kappa shape index (κ1) is 15.4. The van der Waals surface area contributed by atoms with Crippen LogP contribution in [0.4, 0.5) is 19.3 Å². The number of amides is 2. The van der Waals surface area contributed by atoms with E-state index in [-0.39, 0.29) is 5.69 Å². The molecule has 1 aromatic heterocycles. The molecule has 0 aliphatic heterocycles. The second-order valence-electron chi connectivity index (χ2n) is 4.99. The maximum absolute atomic E-state index is 13.1. The third-order valence-electron chi connectivity index (χ3n) is 3.23. The molecule has 4 nitrogen and oxygen atoms in total. The Morgan fingerprint density at radius 2 is 2.00 bits per heavy atom. The first-order valence-corrected chi connectivity index (χ1v) is 7.66. The predicted molar refractivity (Wildman–Crippen MR) is 86.5 cm³/mol. The lowest BCUT2D eigenvalue weighted by atomic mass is 10.3. The Bertz CT molecular complexity index is 832. The number of urea groups is 1. The molecule has 0 saturated carbocycles. The van der Waals surface area contributed by atoms with Crippen LogP contribution >= 0.6 is 11.3 Å². The molecular formula is C16H13F2N3OS. The van der Waals surface area contributed by atoms with Crippen LogP contribution in [0.25, 0.3) is 10.2 Å². The van der Waals surface area contributed by atoms with E-state index < -0.39 is 17.7 Å². The van der Waals surface area contributed by atoms with Crippen LogP contribution < -0.4 is 5.32 Å². The minimum atomic E-state index is -1.00. The summed E-state index contributed by atoms with van der Waals surface area (Å²) in [6.07, 6.45) is 0. The van der Waals surface area contributed by atoms with Gasteiger partial charge in [0.2, 0.25) is 0 Å². The molecule has 0 unspecified atom stereocenters. The Morgan fingerprint density at radius 1 is 1.22 bits per heavy atom. The molecule has 0 fully saturated rings. The Labute approximate surface area is 135 Å². The number of thiazole rings is 1. The third-order valence-corrected chi connectivity index (χ3v) is 4.25. The summed E-state index contributed by atoms with van der Waals surface area (Å²) in [6.45, 7) is 0.328. The number of nitrogens with one attached hydrogen (secondary N) is 1. The van der Waals surface area contributed by atoms with Gasteiger partial charge in [0.05, 0.1) is 16.8 Å². The highest BCUT2D eigenvalue weighted by Gasteiger charge is 2.13. The van der Waals surface area contributed by atoms with Gasteiger partial charge in [0, 0.05) is 18.8 Å². The van der Waals surface area contributed by atoms with Gasteiger partial charge in [-0.05, 0) is 24.3 Å². The van der Waals surface area contributed by atoms with Crippen molar-refractivity contribution in [3.05, 3.63) is 59.1 Å². The first-order chi connectivity index (χ1) is 11.0. The average Bonchev–Trinajstić information content (AvgIpc) is 2.93. The monoisotopic (exact) mass is 333 g/mol. The number of carbonyl (C=O) groups is 1. The highest BCUT2D eigenvalue weighted by Crippen LogP contribution is 2.22. The number of halogens is 2. The number of carbonyl (C=O) groups excluding carboxylic acids is 1. The van der Waals surface area contributed by atoms with Gasteiger partial charge < -0.3 is 10.2 Å². The number of aromatic nitrogens is 1. The van der Waals surface area contributed by atoms with Crippen molar-refractivity contribution >= 4 is 33.3 Å². The summed E-state index contributed by atoms with van der Waals surface area (Å²) in [5.74, 6) is -1.96. The SMILES string of the molecule is CN(Cc1nc2ccccc2s1)C(=O)Nc1ccc(F)c(F)c1. The molecule has 0 bridgehead atoms. The summed E-state index contributed by atoms with van der Waals surface area (Å²) in [4.78, 5) is 18.0. The molecule has 1 heterocycles. The topological polar surface area (TPSA) is 45.2 Å². The number of nitrogens with zero attached hydrogens (tertiary/aromatic N) is 2. The van der Waals surface area contributed by atoms with Crippen molar-refractivity contribution in [3.8, 4) is 0 Å². The number of benzene rings is 2. The number of rotatable bonds is 3. The molecule has 1 N–H and O–H groups in total. The van der Waals surface area contributed by atoms with Crippen molar-refractivity contribution in [2.45, 2.75) is 6.54 Å². The van der Waals surface area contributed by atoms with Gasteiger partial charge in [-0.15, -0.1) is 11.3 Å². The maximum Gasteiger partial charge on any atom is 0.321 e. The highest BCUT2D eigenvalue weighted by atomic mass is 32.1. The minimum Gasteiger partial charge on any atom is -0.321 e. The normalized spacial score (nSPS) is 10.7. The molecule has 0 radical (unpaired) electrons. The van der Waals surface area contributed by atoms with Gasteiger partial charge in [-0.2, -0.15) is 0 Å². The van der Waals surface area contributed by atoms with Gasteiger partial charge in [0.15, 0.2) is 11.6 Å². The lowest BCUT2D eigenvalue weighted by Crippen LogP contribution is -2.30. The predicted octanol–water partition coefficient (Wildman–Crippen LogP) is 4.24. The van der Waals surface area contributed by atoms with E-state index in [1.807, 2.05) is 24.3 Å². The number of hydrogen-bond acceptors (Lipinski definition) is 3. The van der Waals surface area contributed by atoms with Crippen LogP contribution in [0.3, 0.4) is 0 Å². The van der Waals surface area contributed by atoms with E-state index in [2.05, 4.69) is 10.3 Å². The summed E-state index contributed by atoms with van der Waals surface area (Å²) < 4.78 is 27.1. The average molecular weight is 333 g/mol. The summed E-state index contributed by atoms with van der Waals surface area (Å²) in [5.41, 5.74) is 1.09. The van der Waals surface area contributed by atoms with Gasteiger partial charge in [0.25, 0.3) is 0 Å². The summed E-state index contributed by atoms with van der Waals surface area (Å²) >= 11 is 1.51. The lowest BCUT2D eigenvalue weighted by Gasteiger charge is -2.16. The Kier molecular flexibility index (Phi) is 4.20. The molecule has 3 rings (SSSR count). The molecule has 0 spiro atoms. The van der Waals surface area contributed by atoms with Crippen LogP contribution in [0.2, 0.25) is 0 Å². The van der Waals surface area contributed by atoms with Crippen LogP contribution in [0, 0.1) is 11.6 Å². The van der Waals surface area contributed by atoms with E-state index in [0.29, 0.717) is 6.54 Å². The van der Waals surface area contributed by atoms with Gasteiger partial charge >= 0.3 is 6.03 Å². The van der Waals surface area contributed by atoms with Crippen LogP contribution in [0.1, 0.15) is 5.01 Å². The summed E-state index contributed by atoms with van der Waals surface area (Å²) in [6, 6.07) is 10.5. The van der Waals surface area contributed by atoms with Crippen LogP contribution in [0.5, 0.6) is 0 Å². The molecule has 118 valence electrons. The molecule has 0 aliphatic carbocycles. The molecule has 2 amide bonds. The van der Waals surface area contributed by atoms with Crippen molar-refractivity contribution in [3.63, 3.8) is 0 Å². The highest BCUT2D eigenvalue weighted by molar-refractivity contribution is 7.18. The fraction of sp³-hybridized carbons (Fsp3) is 0.125. The molecule has 0 saturated heterocycles. The molecule has 7 heteroatoms. The van der Waals surface area contributed by atoms with Crippen molar-refractivity contribution in [2.75, 3.05) is 12.4 Å². The zero-order valence-electron chi connectivity index (χ0n) is 12.2. The van der Waals surface area contributed by atoms with E-state index in [1.54, 1.807) is 7.05 Å². The van der Waals surface area contributed by atoms with Crippen LogP contribution in [-0.4, -0.2) is 23.0 Å². The second kappa shape index (κ2) is 6.29. The Morgan fingerprint density at radius 3 is 2.74 bits per heavy atom. The zero-order chi connectivity index (χ0) is 16.4. The quantitative estimate of drug-likeness (QED) is 0.779. The van der Waals surface area contributed by atoms with E-state index in [9.17, 15) is 13.6 Å². The molecule has 2 aromatic carbocycles. The number of para-hydroxylation sites is 1. The minimum absolute atomic E-state index is 0.199. The van der Waals surface area contributed by atoms with Crippen molar-refractivity contribution < 1.29 is 13.6 Å². The Balaban J connectivity index is 1.68. The van der Waals surface area contributed by atoms with Gasteiger partial charge in [-0.3, -0.25) is 0 Å². The summed E-state index contributed by atoms with van der Waals surface area (Å²) in [5, 5.41) is 3.32. The smallest absolute Gasteiger partial charge is 0.321 e. The fourth-order valence-corrected chi connectivity index (χ4v) is 3.08. The first-order valence-electron chi connectivity index (χ1n) is 6.84. The van der Waals surface area contributed by atoms with Gasteiger partial charge in [0.1, 0.15) is 5.01 Å². The molecular weight excluding hydrogens is 320 g/mol. The van der Waals surface area contributed by atoms with Crippen molar-refractivity contribution in [1.29, 1.82) is 0 Å². The van der Waals surface area contributed by atoms with E-state index in [4.69, 9.17) is 0 Å². The number of fused-ring (bicyclic) bond motifs is 1. The number of hydrogen-bond donors (Lipinski definition) is 1. The zero-order valence-corrected chi connectivity index (χ0v) is 13.0. The van der Waals surface area contributed by atoms with Gasteiger partial charge in [-0.1, -0.05) is 12.1 Å². The van der Waals surface area contributed by atoms with Crippen molar-refractivity contribution in [1.82, 2.24) is 9.88 Å². The third kappa shape index (κ3) is 3.45. The van der Waals surface area contributed by atoms with Crippen LogP contribution in [0.15, 0.2) is 42.5 Å². The standard InChI is InChI=1S/C16H13F2N3OS/c1-21(9-15-20-13-4-2-3-5-14(13)23-15)16(22)19-10-6-7-11(17)12(18)8-10/h2-8H,9H2,1H3,(H,19,22). The van der Waals surface area contributed by atoms with Gasteiger partial charge in [-0.25, -0.2) is 18.6 Å². The number of anilines is 1. The molecule has 0 atom stereocenters. The fourth-order valence-electron chi connectivity index (χ4n) is 2.06. The van der Waals surface area contributed by atoms with Crippen LogP contribution in [-0.2, 0) is 6.54 Å². The van der Waals surface area contributed by atoms with Crippen molar-refractivity contribution in [2.24, 2.45) is 0 Å². The molecule has 23 heavy (non-hydrogen) atoms. The molecule has 3 aromatic rings. The maximum atomic E-state index is 13.1. The Hall–Kier alpha value is -2.54. The van der Waals surface area contributed by atoms with E-state index in [1.165, 1.54) is 22.3 Å². The second-order valence-corrected chi connectivity index (χ2v) is 6.11. The van der Waals surface area contributed by atoms with E-state index >= 15 is 0 Å². The lowest BCUT2D eigenvalue weighted by molar-refractivity contribution is 0.220. The summed E-state index contributed by atoms with van der Waals surface area (Å²) in [7, 11) is 1.61. The molecule has 0 aliphatic rings.